The van der Waals surface area contributed by atoms with Gasteiger partial charge in [0, 0.05) is 24.8 Å². The van der Waals surface area contributed by atoms with Crippen LogP contribution in [0.3, 0.4) is 0 Å². The van der Waals surface area contributed by atoms with Gasteiger partial charge in [0.2, 0.25) is 0 Å². The van der Waals surface area contributed by atoms with E-state index < -0.39 is 5.97 Å². The zero-order chi connectivity index (χ0) is 23.1. The zero-order valence-corrected chi connectivity index (χ0v) is 19.0. The molecule has 0 saturated carbocycles. The fourth-order valence-corrected chi connectivity index (χ4v) is 3.42. The predicted octanol–water partition coefficient (Wildman–Crippen LogP) is 3.63. The summed E-state index contributed by atoms with van der Waals surface area (Å²) in [5.74, 6) is 0.0765. The number of carbonyl (C=O) groups is 2. The van der Waals surface area contributed by atoms with Crippen LogP contribution in [-0.2, 0) is 27.3 Å². The molecular formula is C25H29N3O4. The third-order valence-corrected chi connectivity index (χ3v) is 5.20. The lowest BCUT2D eigenvalue weighted by molar-refractivity contribution is -0.151. The van der Waals surface area contributed by atoms with Gasteiger partial charge in [-0.2, -0.15) is 5.10 Å². The fraction of sp³-hybridized carbons (Fsp3) is 0.320. The van der Waals surface area contributed by atoms with E-state index in [1.54, 1.807) is 7.05 Å². The summed E-state index contributed by atoms with van der Waals surface area (Å²) in [6, 6.07) is 17.3. The van der Waals surface area contributed by atoms with E-state index in [4.69, 9.17) is 9.47 Å². The van der Waals surface area contributed by atoms with Gasteiger partial charge < -0.3 is 14.4 Å². The van der Waals surface area contributed by atoms with Crippen LogP contribution in [0, 0.1) is 13.8 Å². The molecule has 0 aliphatic carbocycles. The van der Waals surface area contributed by atoms with E-state index in [0.29, 0.717) is 13.2 Å². The molecule has 0 aliphatic rings. The number of carbonyl (C=O) groups excluding carboxylic acids is 2. The highest BCUT2D eigenvalue weighted by Crippen LogP contribution is 2.19. The van der Waals surface area contributed by atoms with Crippen LogP contribution >= 0.6 is 0 Å². The summed E-state index contributed by atoms with van der Waals surface area (Å²) in [6.45, 7) is 6.45. The van der Waals surface area contributed by atoms with Gasteiger partial charge in [0.05, 0.1) is 24.4 Å². The van der Waals surface area contributed by atoms with Crippen molar-refractivity contribution in [3.63, 3.8) is 0 Å². The molecule has 0 unspecified atom stereocenters. The second kappa shape index (κ2) is 10.6. The van der Waals surface area contributed by atoms with Gasteiger partial charge in [-0.25, -0.2) is 4.68 Å². The lowest BCUT2D eigenvalue weighted by Crippen LogP contribution is -2.31. The van der Waals surface area contributed by atoms with E-state index in [1.807, 2.05) is 80.1 Å². The first-order chi connectivity index (χ1) is 15.4. The highest BCUT2D eigenvalue weighted by molar-refractivity contribution is 5.81. The molecule has 2 aromatic carbocycles. The molecule has 0 saturated heterocycles. The van der Waals surface area contributed by atoms with Crippen molar-refractivity contribution < 1.29 is 19.1 Å². The Labute approximate surface area is 188 Å². The maximum Gasteiger partial charge on any atom is 0.310 e. The fourth-order valence-electron chi connectivity index (χ4n) is 3.42. The van der Waals surface area contributed by atoms with E-state index in [9.17, 15) is 9.59 Å². The number of rotatable bonds is 9. The van der Waals surface area contributed by atoms with Crippen molar-refractivity contribution in [3.8, 4) is 11.4 Å². The SMILES string of the molecule is CCOc1ccc(CN(C)C(=O)COC(=O)Cc2c(C)nn(-c3ccccc3)c2C)cc1. The van der Waals surface area contributed by atoms with Gasteiger partial charge in [0.15, 0.2) is 6.61 Å². The van der Waals surface area contributed by atoms with Gasteiger partial charge >= 0.3 is 5.97 Å². The maximum atomic E-state index is 12.4. The largest absolute Gasteiger partial charge is 0.494 e. The Balaban J connectivity index is 1.53. The standard InChI is InChI=1S/C25H29N3O4/c1-5-31-22-13-11-20(12-14-22)16-27(4)24(29)17-32-25(30)15-23-18(2)26-28(19(23)3)21-9-7-6-8-10-21/h6-14H,5,15-17H2,1-4H3. The van der Waals surface area contributed by atoms with E-state index in [-0.39, 0.29) is 18.9 Å². The lowest BCUT2D eigenvalue weighted by Gasteiger charge is -2.17. The van der Waals surface area contributed by atoms with Crippen LogP contribution in [0.5, 0.6) is 5.75 Å². The summed E-state index contributed by atoms with van der Waals surface area (Å²) < 4.78 is 12.5. The molecule has 1 heterocycles. The minimum atomic E-state index is -0.452. The number of aryl methyl sites for hydroxylation is 1. The first-order valence-electron chi connectivity index (χ1n) is 10.6. The van der Waals surface area contributed by atoms with Gasteiger partial charge in [-0.3, -0.25) is 9.59 Å². The normalized spacial score (nSPS) is 10.6. The number of aromatic nitrogens is 2. The Morgan fingerprint density at radius 3 is 2.38 bits per heavy atom. The quantitative estimate of drug-likeness (QED) is 0.480. The number of likely N-dealkylation sites (N-methyl/N-ethyl adjacent to an activating group) is 1. The molecular weight excluding hydrogens is 406 g/mol. The van der Waals surface area contributed by atoms with Crippen LogP contribution in [-0.4, -0.2) is 46.8 Å². The van der Waals surface area contributed by atoms with Gasteiger partial charge in [0.1, 0.15) is 5.75 Å². The first-order valence-corrected chi connectivity index (χ1v) is 10.6. The Kier molecular flexibility index (Phi) is 7.65. The number of hydrogen-bond acceptors (Lipinski definition) is 5. The summed E-state index contributed by atoms with van der Waals surface area (Å²) in [5, 5.41) is 4.55. The van der Waals surface area contributed by atoms with Crippen molar-refractivity contribution in [2.45, 2.75) is 33.7 Å². The number of esters is 1. The Bertz CT molecular complexity index is 1060. The second-order valence-electron chi connectivity index (χ2n) is 7.56. The van der Waals surface area contributed by atoms with Crippen molar-refractivity contribution >= 4 is 11.9 Å². The van der Waals surface area contributed by atoms with Gasteiger partial charge in [-0.15, -0.1) is 0 Å². The second-order valence-corrected chi connectivity index (χ2v) is 7.56. The number of para-hydroxylation sites is 1. The van der Waals surface area contributed by atoms with E-state index >= 15 is 0 Å². The van der Waals surface area contributed by atoms with Crippen molar-refractivity contribution in [2.75, 3.05) is 20.3 Å². The van der Waals surface area contributed by atoms with Crippen molar-refractivity contribution in [1.29, 1.82) is 0 Å². The summed E-state index contributed by atoms with van der Waals surface area (Å²) in [5.41, 5.74) is 4.36. The lowest BCUT2D eigenvalue weighted by atomic mass is 10.1. The van der Waals surface area contributed by atoms with Gasteiger partial charge in [-0.05, 0) is 50.6 Å². The number of hydrogen-bond donors (Lipinski definition) is 0. The minimum Gasteiger partial charge on any atom is -0.494 e. The number of ether oxygens (including phenoxy) is 2. The molecule has 3 rings (SSSR count). The molecule has 0 fully saturated rings. The van der Waals surface area contributed by atoms with Gasteiger partial charge in [-0.1, -0.05) is 30.3 Å². The van der Waals surface area contributed by atoms with Crippen molar-refractivity contribution in [3.05, 3.63) is 77.1 Å². The summed E-state index contributed by atoms with van der Waals surface area (Å²) >= 11 is 0. The maximum absolute atomic E-state index is 12.4. The summed E-state index contributed by atoms with van der Waals surface area (Å²) in [6.07, 6.45) is 0.0698. The molecule has 7 heteroatoms. The van der Waals surface area contributed by atoms with Crippen LogP contribution in [0.4, 0.5) is 0 Å². The highest BCUT2D eigenvalue weighted by atomic mass is 16.5. The Morgan fingerprint density at radius 2 is 1.72 bits per heavy atom. The summed E-state index contributed by atoms with van der Waals surface area (Å²) in [4.78, 5) is 26.3. The smallest absolute Gasteiger partial charge is 0.310 e. The van der Waals surface area contributed by atoms with Crippen molar-refractivity contribution in [2.24, 2.45) is 0 Å². The van der Waals surface area contributed by atoms with Crippen LogP contribution in [0.2, 0.25) is 0 Å². The molecule has 0 atom stereocenters. The molecule has 0 radical (unpaired) electrons. The van der Waals surface area contributed by atoms with Crippen LogP contribution in [0.15, 0.2) is 54.6 Å². The van der Waals surface area contributed by atoms with E-state index in [0.717, 1.165) is 34.0 Å². The minimum absolute atomic E-state index is 0.0698. The van der Waals surface area contributed by atoms with Gasteiger partial charge in [0.25, 0.3) is 5.91 Å². The molecule has 3 aromatic rings. The number of amides is 1. The summed E-state index contributed by atoms with van der Waals surface area (Å²) in [7, 11) is 1.69. The molecule has 168 valence electrons. The first kappa shape index (κ1) is 23.1. The van der Waals surface area contributed by atoms with E-state index in [2.05, 4.69) is 5.10 Å². The predicted molar refractivity (Wildman–Crippen MR) is 122 cm³/mol. The molecule has 0 bridgehead atoms. The van der Waals surface area contributed by atoms with Crippen LogP contribution < -0.4 is 4.74 Å². The third kappa shape index (κ3) is 5.75. The highest BCUT2D eigenvalue weighted by Gasteiger charge is 2.18. The topological polar surface area (TPSA) is 73.7 Å². The Hall–Kier alpha value is -3.61. The number of benzene rings is 2. The molecule has 0 N–H and O–H groups in total. The Morgan fingerprint density at radius 1 is 1.03 bits per heavy atom. The molecule has 1 amide bonds. The van der Waals surface area contributed by atoms with Crippen molar-refractivity contribution in [1.82, 2.24) is 14.7 Å². The van der Waals surface area contributed by atoms with Crippen LogP contribution in [0.25, 0.3) is 5.69 Å². The molecule has 32 heavy (non-hydrogen) atoms. The number of nitrogens with zero attached hydrogens (tertiary/aromatic N) is 3. The monoisotopic (exact) mass is 435 g/mol. The molecule has 7 nitrogen and oxygen atoms in total. The van der Waals surface area contributed by atoms with E-state index in [1.165, 1.54) is 4.90 Å². The molecule has 1 aromatic heterocycles. The van der Waals surface area contributed by atoms with Crippen LogP contribution in [0.1, 0.15) is 29.4 Å². The average Bonchev–Trinajstić information content (AvgIpc) is 3.07. The zero-order valence-electron chi connectivity index (χ0n) is 19.0. The average molecular weight is 436 g/mol. The molecule has 0 aliphatic heterocycles. The third-order valence-electron chi connectivity index (χ3n) is 5.20. The molecule has 0 spiro atoms.